The van der Waals surface area contributed by atoms with Crippen molar-refractivity contribution in [1.82, 2.24) is 14.5 Å². The minimum absolute atomic E-state index is 0.0984. The Morgan fingerprint density at radius 2 is 2.05 bits per heavy atom. The van der Waals surface area contributed by atoms with E-state index in [2.05, 4.69) is 9.97 Å². The number of halogens is 1. The number of nitrogens with zero attached hydrogens (tertiary/aromatic N) is 2. The molecule has 0 amide bonds. The Morgan fingerprint density at radius 3 is 2.79 bits per heavy atom. The number of benzene rings is 1. The summed E-state index contributed by atoms with van der Waals surface area (Å²) in [5.41, 5.74) is 2.26. The highest BCUT2D eigenvalue weighted by molar-refractivity contribution is 5.75. The highest BCUT2D eigenvalue weighted by Gasteiger charge is 2.06. The number of rotatable bonds is 2. The van der Waals surface area contributed by atoms with Crippen molar-refractivity contribution in [3.63, 3.8) is 0 Å². The SMILES string of the molecule is Cc1cc2c(=O)n(Cc3ccc(F)cc3)cnc2[nH]1. The number of fused-ring (bicyclic) bond motifs is 1. The lowest BCUT2D eigenvalue weighted by Crippen LogP contribution is -2.20. The van der Waals surface area contributed by atoms with E-state index in [0.717, 1.165) is 11.3 Å². The van der Waals surface area contributed by atoms with Crippen molar-refractivity contribution in [2.75, 3.05) is 0 Å². The monoisotopic (exact) mass is 257 g/mol. The molecule has 0 radical (unpaired) electrons. The van der Waals surface area contributed by atoms with E-state index in [4.69, 9.17) is 0 Å². The number of hydrogen-bond donors (Lipinski definition) is 1. The van der Waals surface area contributed by atoms with E-state index in [1.165, 1.54) is 23.0 Å². The maximum atomic E-state index is 12.8. The van der Waals surface area contributed by atoms with Crippen LogP contribution >= 0.6 is 0 Å². The van der Waals surface area contributed by atoms with Gasteiger partial charge < -0.3 is 4.98 Å². The van der Waals surface area contributed by atoms with Crippen LogP contribution < -0.4 is 5.56 Å². The fourth-order valence-corrected chi connectivity index (χ4v) is 2.07. The normalized spacial score (nSPS) is 11.1. The topological polar surface area (TPSA) is 50.7 Å². The van der Waals surface area contributed by atoms with Gasteiger partial charge in [0.25, 0.3) is 5.56 Å². The average molecular weight is 257 g/mol. The van der Waals surface area contributed by atoms with Crippen molar-refractivity contribution >= 4 is 11.0 Å². The molecule has 0 aliphatic heterocycles. The Morgan fingerprint density at radius 1 is 1.32 bits per heavy atom. The minimum atomic E-state index is -0.286. The van der Waals surface area contributed by atoms with Gasteiger partial charge in [-0.1, -0.05) is 12.1 Å². The van der Waals surface area contributed by atoms with E-state index in [9.17, 15) is 9.18 Å². The van der Waals surface area contributed by atoms with Gasteiger partial charge in [-0.25, -0.2) is 9.37 Å². The van der Waals surface area contributed by atoms with E-state index in [0.29, 0.717) is 17.6 Å². The highest BCUT2D eigenvalue weighted by Crippen LogP contribution is 2.08. The fourth-order valence-electron chi connectivity index (χ4n) is 2.07. The number of aryl methyl sites for hydroxylation is 1. The minimum Gasteiger partial charge on any atom is -0.343 e. The second-order valence-electron chi connectivity index (χ2n) is 4.52. The highest BCUT2D eigenvalue weighted by atomic mass is 19.1. The number of hydrogen-bond acceptors (Lipinski definition) is 2. The van der Waals surface area contributed by atoms with E-state index < -0.39 is 0 Å². The summed E-state index contributed by atoms with van der Waals surface area (Å²) in [5.74, 6) is -0.286. The zero-order chi connectivity index (χ0) is 13.4. The molecule has 1 aromatic carbocycles. The second kappa shape index (κ2) is 4.35. The third-order valence-corrected chi connectivity index (χ3v) is 3.02. The molecule has 4 nitrogen and oxygen atoms in total. The third kappa shape index (κ3) is 2.14. The van der Waals surface area contributed by atoms with Crippen LogP contribution in [0.15, 0.2) is 41.5 Å². The Labute approximate surface area is 108 Å². The third-order valence-electron chi connectivity index (χ3n) is 3.02. The van der Waals surface area contributed by atoms with Gasteiger partial charge >= 0.3 is 0 Å². The molecule has 0 saturated carbocycles. The molecule has 0 aliphatic rings. The predicted molar refractivity (Wildman–Crippen MR) is 70.6 cm³/mol. The molecule has 2 aromatic heterocycles. The lowest BCUT2D eigenvalue weighted by molar-refractivity contribution is 0.626. The zero-order valence-corrected chi connectivity index (χ0v) is 10.4. The molecule has 3 aromatic rings. The van der Waals surface area contributed by atoms with Gasteiger partial charge in [0.05, 0.1) is 11.9 Å². The van der Waals surface area contributed by atoms with Gasteiger partial charge in [-0.05, 0) is 30.7 Å². The van der Waals surface area contributed by atoms with Crippen molar-refractivity contribution < 1.29 is 4.39 Å². The maximum absolute atomic E-state index is 12.8. The van der Waals surface area contributed by atoms with E-state index in [-0.39, 0.29) is 11.4 Å². The predicted octanol–water partition coefficient (Wildman–Crippen LogP) is 2.22. The zero-order valence-electron chi connectivity index (χ0n) is 10.4. The summed E-state index contributed by atoms with van der Waals surface area (Å²) in [6, 6.07) is 7.87. The van der Waals surface area contributed by atoms with Gasteiger partial charge in [0.15, 0.2) is 0 Å². The van der Waals surface area contributed by atoms with Crippen molar-refractivity contribution in [3.8, 4) is 0 Å². The van der Waals surface area contributed by atoms with Crippen LogP contribution in [0.2, 0.25) is 0 Å². The number of aromatic nitrogens is 3. The molecule has 1 N–H and O–H groups in total. The van der Waals surface area contributed by atoms with E-state index >= 15 is 0 Å². The first kappa shape index (κ1) is 11.6. The van der Waals surface area contributed by atoms with Crippen molar-refractivity contribution in [2.45, 2.75) is 13.5 Å². The molecule has 0 saturated heterocycles. The van der Waals surface area contributed by atoms with Crippen LogP contribution in [0, 0.1) is 12.7 Å². The quantitative estimate of drug-likeness (QED) is 0.765. The molecule has 96 valence electrons. The molecule has 0 spiro atoms. The first-order chi connectivity index (χ1) is 9.13. The summed E-state index contributed by atoms with van der Waals surface area (Å²) in [5, 5.41) is 0.571. The maximum Gasteiger partial charge on any atom is 0.263 e. The summed E-state index contributed by atoms with van der Waals surface area (Å²) < 4.78 is 14.3. The first-order valence-corrected chi connectivity index (χ1v) is 5.93. The molecule has 3 rings (SSSR count). The van der Waals surface area contributed by atoms with Gasteiger partial charge in [-0.2, -0.15) is 0 Å². The van der Waals surface area contributed by atoms with Crippen molar-refractivity contribution in [1.29, 1.82) is 0 Å². The molecule has 5 heteroatoms. The Bertz CT molecular complexity index is 787. The summed E-state index contributed by atoms with van der Waals surface area (Å²) in [7, 11) is 0. The summed E-state index contributed by atoms with van der Waals surface area (Å²) in [4.78, 5) is 19.5. The Hall–Kier alpha value is -2.43. The van der Waals surface area contributed by atoms with Crippen LogP contribution in [0.5, 0.6) is 0 Å². The van der Waals surface area contributed by atoms with E-state index in [1.807, 2.05) is 6.92 Å². The van der Waals surface area contributed by atoms with Crippen LogP contribution in [0.3, 0.4) is 0 Å². The summed E-state index contributed by atoms with van der Waals surface area (Å²) in [6.45, 7) is 2.26. The van der Waals surface area contributed by atoms with Crippen LogP contribution in [-0.4, -0.2) is 14.5 Å². The molecule has 0 bridgehead atoms. The lowest BCUT2D eigenvalue weighted by atomic mass is 10.2. The number of nitrogens with one attached hydrogen (secondary N) is 1. The molecule has 0 fully saturated rings. The van der Waals surface area contributed by atoms with Gasteiger partial charge in [0.1, 0.15) is 17.8 Å². The van der Waals surface area contributed by atoms with Crippen LogP contribution in [0.25, 0.3) is 11.0 Å². The van der Waals surface area contributed by atoms with Crippen LogP contribution in [0.1, 0.15) is 11.3 Å². The standard InChI is InChI=1S/C14H12FN3O/c1-9-6-12-13(17-9)16-8-18(14(12)19)7-10-2-4-11(15)5-3-10/h2-6,8,17H,7H2,1H3. The van der Waals surface area contributed by atoms with Crippen LogP contribution in [0.4, 0.5) is 4.39 Å². The fraction of sp³-hybridized carbons (Fsp3) is 0.143. The smallest absolute Gasteiger partial charge is 0.263 e. The summed E-state index contributed by atoms with van der Waals surface area (Å²) >= 11 is 0. The molecule has 2 heterocycles. The lowest BCUT2D eigenvalue weighted by Gasteiger charge is -2.05. The van der Waals surface area contributed by atoms with Gasteiger partial charge in [-0.3, -0.25) is 9.36 Å². The van der Waals surface area contributed by atoms with Gasteiger partial charge in [0, 0.05) is 5.69 Å². The van der Waals surface area contributed by atoms with E-state index in [1.54, 1.807) is 18.2 Å². The Balaban J connectivity index is 2.03. The molecular formula is C14H12FN3O. The molecule has 0 aliphatic carbocycles. The second-order valence-corrected chi connectivity index (χ2v) is 4.52. The number of H-pyrrole nitrogens is 1. The largest absolute Gasteiger partial charge is 0.343 e. The molecule has 0 atom stereocenters. The van der Waals surface area contributed by atoms with Gasteiger partial charge in [-0.15, -0.1) is 0 Å². The first-order valence-electron chi connectivity index (χ1n) is 5.93. The molecule has 19 heavy (non-hydrogen) atoms. The summed E-state index contributed by atoms with van der Waals surface area (Å²) in [6.07, 6.45) is 1.50. The van der Waals surface area contributed by atoms with Crippen LogP contribution in [-0.2, 0) is 6.54 Å². The Kier molecular flexibility index (Phi) is 2.67. The van der Waals surface area contributed by atoms with Crippen molar-refractivity contribution in [3.05, 3.63) is 64.1 Å². The van der Waals surface area contributed by atoms with Gasteiger partial charge in [0.2, 0.25) is 0 Å². The average Bonchev–Trinajstić information content (AvgIpc) is 2.77. The molecular weight excluding hydrogens is 245 g/mol. The number of aromatic amines is 1. The van der Waals surface area contributed by atoms with Crippen molar-refractivity contribution in [2.24, 2.45) is 0 Å². The molecule has 0 unspecified atom stereocenters.